The minimum absolute atomic E-state index is 0.0689. The number of carbonyl (C=O) groups excluding carboxylic acids is 10. The van der Waals surface area contributed by atoms with Crippen LogP contribution in [0.15, 0.2) is 29.6 Å². The number of ether oxygens (including phenoxy) is 4. The third-order valence-electron chi connectivity index (χ3n) is 16.1. The molecule has 490 valence electrons. The molecule has 22 heteroatoms. The van der Waals surface area contributed by atoms with Crippen LogP contribution in [0.5, 0.6) is 0 Å². The van der Waals surface area contributed by atoms with Crippen LogP contribution in [0.1, 0.15) is 199 Å². The van der Waals surface area contributed by atoms with Gasteiger partial charge in [-0.05, 0) is 90.7 Å². The number of Topliss-reactive ketones (excluding diaryl/α,β-unsaturated/α-hetero) is 3. The highest BCUT2D eigenvalue weighted by molar-refractivity contribution is 7.09. The zero-order valence-corrected chi connectivity index (χ0v) is 55.5. The number of hydrogen-bond acceptors (Lipinski definition) is 17. The highest BCUT2D eigenvalue weighted by atomic mass is 32.1. The third kappa shape index (κ3) is 28.8. The van der Waals surface area contributed by atoms with Crippen molar-refractivity contribution < 1.29 is 66.9 Å². The van der Waals surface area contributed by atoms with Crippen molar-refractivity contribution in [3.8, 4) is 0 Å². The number of rotatable bonds is 47. The lowest BCUT2D eigenvalue weighted by Crippen LogP contribution is -2.52. The molecule has 0 saturated heterocycles. The Morgan fingerprint density at radius 1 is 0.805 bits per heavy atom. The van der Waals surface area contributed by atoms with Crippen molar-refractivity contribution in [3.05, 3.63) is 51.5 Å². The van der Waals surface area contributed by atoms with E-state index in [9.17, 15) is 43.2 Å². The van der Waals surface area contributed by atoms with Crippen LogP contribution >= 0.6 is 11.3 Å². The summed E-state index contributed by atoms with van der Waals surface area (Å²) in [6, 6.07) is 6.14. The van der Waals surface area contributed by atoms with Crippen molar-refractivity contribution in [3.63, 3.8) is 0 Å². The Balaban J connectivity index is 2.29. The molecule has 0 saturated carbocycles. The molecule has 2 aromatic rings. The number of carbonyl (C=O) groups is 10. The summed E-state index contributed by atoms with van der Waals surface area (Å²) < 4.78 is 21.5. The van der Waals surface area contributed by atoms with Gasteiger partial charge in [0.05, 0.1) is 31.4 Å². The number of unbranched alkanes of at least 4 members (excludes halogenated alkanes) is 1. The van der Waals surface area contributed by atoms with E-state index in [1.54, 1.807) is 59.1 Å². The van der Waals surface area contributed by atoms with E-state index < -0.39 is 65.5 Å². The molecular formula is C65H105N7O14S. The first-order valence-electron chi connectivity index (χ1n) is 31.3. The van der Waals surface area contributed by atoms with Gasteiger partial charge in [-0.3, -0.25) is 52.8 Å². The molecule has 4 N–H and O–H groups in total. The first-order chi connectivity index (χ1) is 41.2. The summed E-state index contributed by atoms with van der Waals surface area (Å²) in [5.41, 5.74) is 1.06. The molecule has 21 nitrogen and oxygen atoms in total. The molecule has 1 aromatic heterocycles. The van der Waals surface area contributed by atoms with Gasteiger partial charge >= 0.3 is 5.97 Å². The number of aromatic nitrogens is 1. The molecule has 0 aliphatic rings. The van der Waals surface area contributed by atoms with Gasteiger partial charge in [-0.2, -0.15) is 0 Å². The van der Waals surface area contributed by atoms with Gasteiger partial charge in [-0.15, -0.1) is 11.3 Å². The van der Waals surface area contributed by atoms with Crippen LogP contribution in [0, 0.1) is 30.6 Å². The molecule has 1 heterocycles. The predicted molar refractivity (Wildman–Crippen MR) is 336 cm³/mol. The highest BCUT2D eigenvalue weighted by Gasteiger charge is 2.41. The van der Waals surface area contributed by atoms with E-state index in [0.717, 1.165) is 11.1 Å². The zero-order valence-electron chi connectivity index (χ0n) is 54.7. The number of aryl methyl sites for hydroxylation is 1. The number of methoxy groups -OCH3 is 1. The SMILES string of the molecule is CCCN(C(=O)[C@@H](CC(=O)C(C)(C)N(C)CCC(=O)NC(CCCCNC(=O)CCOCCOC)C(=O)CC(C)C(=O)NCCCC(=O)CC)C(C)CC)[C@H](C[C@@H](OC(C)=O)c1nc(C(=O)N[C@@H](Cc2ccc(C)cc2)CC(C)OC=O)cs1)C(C)C. The maximum atomic E-state index is 15.2. The Hall–Kier alpha value is -5.97. The number of ketones is 3. The monoisotopic (exact) mass is 1240 g/mol. The first-order valence-corrected chi connectivity index (χ1v) is 32.2. The summed E-state index contributed by atoms with van der Waals surface area (Å²) >= 11 is 1.17. The number of amides is 5. The lowest BCUT2D eigenvalue weighted by atomic mass is 9.81. The average Bonchev–Trinajstić information content (AvgIpc) is 4.15. The minimum atomic E-state index is -1.14. The van der Waals surface area contributed by atoms with Crippen molar-refractivity contribution in [2.45, 2.75) is 215 Å². The van der Waals surface area contributed by atoms with Gasteiger partial charge in [0.25, 0.3) is 12.4 Å². The van der Waals surface area contributed by atoms with E-state index in [1.165, 1.54) is 18.3 Å². The minimum Gasteiger partial charge on any atom is -0.465 e. The van der Waals surface area contributed by atoms with Crippen molar-refractivity contribution in [1.29, 1.82) is 0 Å². The fourth-order valence-corrected chi connectivity index (χ4v) is 10.9. The number of benzene rings is 1. The summed E-state index contributed by atoms with van der Waals surface area (Å²) in [4.78, 5) is 141. The van der Waals surface area contributed by atoms with Gasteiger partial charge in [0.15, 0.2) is 17.7 Å². The molecule has 87 heavy (non-hydrogen) atoms. The van der Waals surface area contributed by atoms with Crippen molar-refractivity contribution in [2.24, 2.45) is 23.7 Å². The molecule has 0 radical (unpaired) electrons. The third-order valence-corrected chi connectivity index (χ3v) is 17.0. The van der Waals surface area contributed by atoms with Crippen LogP contribution in [0.2, 0.25) is 0 Å². The molecule has 0 spiro atoms. The first kappa shape index (κ1) is 77.1. The fraction of sp³-hybridized carbons (Fsp3) is 0.708. The van der Waals surface area contributed by atoms with Gasteiger partial charge in [-0.25, -0.2) is 4.98 Å². The molecule has 0 aliphatic carbocycles. The fourth-order valence-electron chi connectivity index (χ4n) is 10.0. The number of thiazole rings is 1. The van der Waals surface area contributed by atoms with Crippen molar-refractivity contribution >= 4 is 70.7 Å². The molecule has 5 amide bonds. The van der Waals surface area contributed by atoms with Crippen molar-refractivity contribution in [2.75, 3.05) is 60.2 Å². The van der Waals surface area contributed by atoms with Gasteiger partial charge in [-0.1, -0.05) is 84.7 Å². The van der Waals surface area contributed by atoms with Gasteiger partial charge in [0.2, 0.25) is 23.6 Å². The van der Waals surface area contributed by atoms with E-state index in [4.69, 9.17) is 23.9 Å². The van der Waals surface area contributed by atoms with Crippen LogP contribution in [-0.4, -0.2) is 164 Å². The van der Waals surface area contributed by atoms with E-state index >= 15 is 4.79 Å². The second-order valence-electron chi connectivity index (χ2n) is 23.9. The largest absolute Gasteiger partial charge is 0.465 e. The lowest BCUT2D eigenvalue weighted by Gasteiger charge is -2.40. The molecule has 1 aromatic carbocycles. The summed E-state index contributed by atoms with van der Waals surface area (Å²) in [6.07, 6.45) is 3.23. The molecule has 0 bridgehead atoms. The molecule has 4 unspecified atom stereocenters. The zero-order chi connectivity index (χ0) is 65.2. The summed E-state index contributed by atoms with van der Waals surface area (Å²) in [7, 11) is 3.30. The Labute approximate surface area is 522 Å². The second kappa shape index (κ2) is 41.3. The molecule has 8 atom stereocenters. The highest BCUT2D eigenvalue weighted by Crippen LogP contribution is 2.34. The number of esters is 1. The van der Waals surface area contributed by atoms with Crippen molar-refractivity contribution in [1.82, 2.24) is 36.1 Å². The molecule has 0 aliphatic heterocycles. The average molecular weight is 1240 g/mol. The van der Waals surface area contributed by atoms with Crippen LogP contribution in [0.4, 0.5) is 0 Å². The van der Waals surface area contributed by atoms with Crippen LogP contribution in [0.3, 0.4) is 0 Å². The van der Waals surface area contributed by atoms with E-state index in [0.29, 0.717) is 102 Å². The van der Waals surface area contributed by atoms with E-state index in [-0.39, 0.29) is 104 Å². The number of nitrogens with one attached hydrogen (secondary N) is 4. The van der Waals surface area contributed by atoms with Gasteiger partial charge in [0, 0.05) is 121 Å². The Morgan fingerprint density at radius 3 is 2.11 bits per heavy atom. The molecule has 2 rings (SSSR count). The smallest absolute Gasteiger partial charge is 0.303 e. The van der Waals surface area contributed by atoms with Crippen LogP contribution < -0.4 is 21.3 Å². The predicted octanol–water partition coefficient (Wildman–Crippen LogP) is 8.02. The number of likely N-dealkylation sites (N-methyl/N-ethyl adjacent to an activating group) is 1. The van der Waals surface area contributed by atoms with E-state index in [2.05, 4.69) is 21.3 Å². The maximum absolute atomic E-state index is 15.2. The van der Waals surface area contributed by atoms with E-state index in [1.807, 2.05) is 70.7 Å². The summed E-state index contributed by atoms with van der Waals surface area (Å²) in [5, 5.41) is 13.6. The second-order valence-corrected chi connectivity index (χ2v) is 24.8. The maximum Gasteiger partial charge on any atom is 0.303 e. The van der Waals surface area contributed by atoms with Crippen LogP contribution in [0.25, 0.3) is 0 Å². The summed E-state index contributed by atoms with van der Waals surface area (Å²) in [5.74, 6) is -4.36. The molecule has 0 fully saturated rings. The standard InChI is InChI=1S/C65H105N7O14S/c1-15-31-72(55(43(4)5)40-57(86-48(10)74)63-70-54(41-87-63)62(81)68-50(37-47(9)85-42-73)38-49-25-23-44(6)24-26-49)64(82)52(45(7)16-2)39-58(77)65(11,12)71(13)32-27-60(79)69-53(22-18-19-29-66-59(78)28-33-84-35-34-83-14)56(76)36-46(8)61(80)67-30-20-21-51(75)17-3/h23-26,41-43,45-47,50,52-53,55,57H,15-22,27-40H2,1-14H3,(H,66,78)(H,67,80)(H,68,81)(H,69,79)/t45?,46?,47?,50-,52+,53?,55-,57-/m1/s1. The van der Waals surface area contributed by atoms with Gasteiger partial charge in [0.1, 0.15) is 22.6 Å². The number of hydrogen-bond donors (Lipinski definition) is 4. The Bertz CT molecular complexity index is 2470. The topological polar surface area (TPSA) is 275 Å². The van der Waals surface area contributed by atoms with Crippen LogP contribution in [-0.2, 0) is 68.5 Å². The van der Waals surface area contributed by atoms with Gasteiger partial charge < -0.3 is 45.1 Å². The lowest BCUT2D eigenvalue weighted by molar-refractivity contribution is -0.150. The Morgan fingerprint density at radius 2 is 1.49 bits per heavy atom. The molecular weight excluding hydrogens is 1130 g/mol. The quantitative estimate of drug-likeness (QED) is 0.0277. The number of nitrogens with zero attached hydrogens (tertiary/aromatic N) is 3. The summed E-state index contributed by atoms with van der Waals surface area (Å²) in [6.45, 7) is 24.5. The Kier molecular flexibility index (Phi) is 36.6. The normalized spacial score (nSPS) is 14.3.